The predicted octanol–water partition coefficient (Wildman–Crippen LogP) is 2.82. The van der Waals surface area contributed by atoms with E-state index in [0.717, 1.165) is 71.1 Å². The molecule has 2 aromatic rings. The Bertz CT molecular complexity index is 899. The van der Waals surface area contributed by atoms with Gasteiger partial charge >= 0.3 is 0 Å². The molecule has 0 unspecified atom stereocenters. The highest BCUT2D eigenvalue weighted by Crippen LogP contribution is 2.33. The molecule has 2 aliphatic heterocycles. The molecule has 1 aromatic carbocycles. The number of aryl methyl sites for hydroxylation is 1. The molecule has 3 aliphatic rings. The van der Waals surface area contributed by atoms with Crippen LogP contribution in [0, 0.1) is 0 Å². The second kappa shape index (κ2) is 10.3. The van der Waals surface area contributed by atoms with Gasteiger partial charge in [-0.3, -0.25) is 14.8 Å². The minimum Gasteiger partial charge on any atom is -0.492 e. The molecule has 172 valence electrons. The molecule has 1 aromatic heterocycles. The minimum absolute atomic E-state index is 0.420. The van der Waals surface area contributed by atoms with Crippen LogP contribution in [0.5, 0.6) is 5.75 Å². The molecule has 5 rings (SSSR count). The van der Waals surface area contributed by atoms with Crippen LogP contribution in [0.25, 0.3) is 0 Å². The Labute approximate surface area is 191 Å². The minimum atomic E-state index is 0.420. The highest BCUT2D eigenvalue weighted by Gasteiger charge is 2.28. The van der Waals surface area contributed by atoms with Crippen molar-refractivity contribution in [3.8, 4) is 5.75 Å². The van der Waals surface area contributed by atoms with Gasteiger partial charge in [0.05, 0.1) is 24.9 Å². The number of likely N-dealkylation sites (N-methyl/N-ethyl adjacent to an activating group) is 1. The first-order valence-electron chi connectivity index (χ1n) is 12.2. The standard InChI is InChI=1S/C26H36N4O2/c1-29(24-8-2-5-20-7-4-10-27-26(20)24)19-22-17-23-21(18-28-22)6-3-9-25(23)32-16-13-30-11-14-31-15-12-30/h3-4,6-7,9-10,22,24,28H,2,5,8,11-19H2,1H3/t22-,24-/m0/s1. The fraction of sp³-hybridized carbons (Fsp3) is 0.577. The van der Waals surface area contributed by atoms with E-state index in [9.17, 15) is 0 Å². The average molecular weight is 437 g/mol. The molecular formula is C26H36N4O2. The van der Waals surface area contributed by atoms with Crippen LogP contribution in [-0.4, -0.2) is 73.9 Å². The summed E-state index contributed by atoms with van der Waals surface area (Å²) in [4.78, 5) is 9.68. The largest absolute Gasteiger partial charge is 0.492 e. The molecule has 2 atom stereocenters. The number of hydrogen-bond acceptors (Lipinski definition) is 6. The van der Waals surface area contributed by atoms with Crippen LogP contribution in [-0.2, 0) is 24.1 Å². The van der Waals surface area contributed by atoms with Gasteiger partial charge in [-0.1, -0.05) is 18.2 Å². The smallest absolute Gasteiger partial charge is 0.122 e. The molecule has 6 nitrogen and oxygen atoms in total. The maximum absolute atomic E-state index is 6.29. The van der Waals surface area contributed by atoms with E-state index in [2.05, 4.69) is 52.5 Å². The molecule has 1 fully saturated rings. The summed E-state index contributed by atoms with van der Waals surface area (Å²) in [5, 5.41) is 3.76. The fourth-order valence-electron chi connectivity index (χ4n) is 5.44. The third-order valence-electron chi connectivity index (χ3n) is 7.24. The predicted molar refractivity (Wildman–Crippen MR) is 126 cm³/mol. The lowest BCUT2D eigenvalue weighted by Gasteiger charge is -2.36. The zero-order valence-corrected chi connectivity index (χ0v) is 19.3. The first-order valence-corrected chi connectivity index (χ1v) is 12.2. The van der Waals surface area contributed by atoms with Gasteiger partial charge in [0.1, 0.15) is 12.4 Å². The van der Waals surface area contributed by atoms with Crippen molar-refractivity contribution in [2.75, 3.05) is 53.0 Å². The van der Waals surface area contributed by atoms with E-state index < -0.39 is 0 Å². The quantitative estimate of drug-likeness (QED) is 0.720. The Balaban J connectivity index is 1.21. The summed E-state index contributed by atoms with van der Waals surface area (Å²) in [6, 6.07) is 11.7. The van der Waals surface area contributed by atoms with Gasteiger partial charge in [0.2, 0.25) is 0 Å². The monoisotopic (exact) mass is 436 g/mol. The number of nitrogens with one attached hydrogen (secondary N) is 1. The summed E-state index contributed by atoms with van der Waals surface area (Å²) in [6.45, 7) is 7.31. The summed E-state index contributed by atoms with van der Waals surface area (Å²) < 4.78 is 11.7. The first-order chi connectivity index (χ1) is 15.8. The van der Waals surface area contributed by atoms with Crippen molar-refractivity contribution in [2.24, 2.45) is 0 Å². The molecular weight excluding hydrogens is 400 g/mol. The van der Waals surface area contributed by atoms with E-state index in [0.29, 0.717) is 12.1 Å². The van der Waals surface area contributed by atoms with Gasteiger partial charge in [-0.05, 0) is 56.0 Å². The van der Waals surface area contributed by atoms with Gasteiger partial charge in [0, 0.05) is 50.5 Å². The van der Waals surface area contributed by atoms with Crippen molar-refractivity contribution in [1.82, 2.24) is 20.1 Å². The molecule has 0 radical (unpaired) electrons. The normalized spacial score (nSPS) is 23.6. The van der Waals surface area contributed by atoms with Crippen LogP contribution < -0.4 is 10.1 Å². The summed E-state index contributed by atoms with van der Waals surface area (Å²) in [5.74, 6) is 1.06. The maximum Gasteiger partial charge on any atom is 0.122 e. The number of aromatic nitrogens is 1. The lowest BCUT2D eigenvalue weighted by Crippen LogP contribution is -2.45. The third kappa shape index (κ3) is 4.99. The van der Waals surface area contributed by atoms with Crippen LogP contribution in [0.1, 0.15) is 41.3 Å². The Hall–Kier alpha value is -1.99. The summed E-state index contributed by atoms with van der Waals surface area (Å²) in [5.41, 5.74) is 5.46. The Kier molecular flexibility index (Phi) is 7.03. The highest BCUT2D eigenvalue weighted by molar-refractivity contribution is 5.42. The lowest BCUT2D eigenvalue weighted by molar-refractivity contribution is 0.0322. The van der Waals surface area contributed by atoms with Crippen molar-refractivity contribution < 1.29 is 9.47 Å². The van der Waals surface area contributed by atoms with Crippen molar-refractivity contribution in [3.63, 3.8) is 0 Å². The van der Waals surface area contributed by atoms with Crippen LogP contribution in [0.3, 0.4) is 0 Å². The van der Waals surface area contributed by atoms with Gasteiger partial charge in [0.15, 0.2) is 0 Å². The Morgan fingerprint density at radius 3 is 2.97 bits per heavy atom. The number of rotatable bonds is 7. The number of benzene rings is 1. The van der Waals surface area contributed by atoms with E-state index in [1.807, 2.05) is 6.20 Å². The lowest BCUT2D eigenvalue weighted by atomic mass is 9.90. The second-order valence-electron chi connectivity index (χ2n) is 9.37. The highest BCUT2D eigenvalue weighted by atomic mass is 16.5. The third-order valence-corrected chi connectivity index (χ3v) is 7.24. The molecule has 0 bridgehead atoms. The van der Waals surface area contributed by atoms with E-state index in [-0.39, 0.29) is 0 Å². The van der Waals surface area contributed by atoms with E-state index in [1.54, 1.807) is 0 Å². The molecule has 1 N–H and O–H groups in total. The summed E-state index contributed by atoms with van der Waals surface area (Å²) in [6.07, 6.45) is 6.55. The molecule has 1 saturated heterocycles. The van der Waals surface area contributed by atoms with Crippen molar-refractivity contribution >= 4 is 0 Å². The van der Waals surface area contributed by atoms with Crippen molar-refractivity contribution in [3.05, 3.63) is 58.9 Å². The van der Waals surface area contributed by atoms with E-state index >= 15 is 0 Å². The number of hydrogen-bond donors (Lipinski definition) is 1. The van der Waals surface area contributed by atoms with Gasteiger partial charge in [-0.25, -0.2) is 0 Å². The van der Waals surface area contributed by atoms with E-state index in [4.69, 9.17) is 14.5 Å². The number of fused-ring (bicyclic) bond motifs is 2. The summed E-state index contributed by atoms with van der Waals surface area (Å²) in [7, 11) is 2.26. The number of ether oxygens (including phenoxy) is 2. The Morgan fingerprint density at radius 1 is 1.19 bits per heavy atom. The van der Waals surface area contributed by atoms with E-state index in [1.165, 1.54) is 35.2 Å². The first kappa shape index (κ1) is 21.8. The number of pyridine rings is 1. The Morgan fingerprint density at radius 2 is 2.06 bits per heavy atom. The van der Waals surface area contributed by atoms with Gasteiger partial charge < -0.3 is 14.8 Å². The fourth-order valence-corrected chi connectivity index (χ4v) is 5.44. The topological polar surface area (TPSA) is 49.9 Å². The van der Waals surface area contributed by atoms with Crippen LogP contribution >= 0.6 is 0 Å². The molecule has 0 amide bonds. The van der Waals surface area contributed by atoms with Gasteiger partial charge in [-0.2, -0.15) is 0 Å². The number of nitrogens with zero attached hydrogens (tertiary/aromatic N) is 3. The maximum atomic E-state index is 6.29. The molecule has 3 heterocycles. The molecule has 0 saturated carbocycles. The van der Waals surface area contributed by atoms with Crippen LogP contribution in [0.15, 0.2) is 36.5 Å². The molecule has 32 heavy (non-hydrogen) atoms. The zero-order chi connectivity index (χ0) is 21.8. The van der Waals surface area contributed by atoms with Crippen LogP contribution in [0.4, 0.5) is 0 Å². The summed E-state index contributed by atoms with van der Waals surface area (Å²) >= 11 is 0. The van der Waals surface area contributed by atoms with Gasteiger partial charge in [0.25, 0.3) is 0 Å². The SMILES string of the molecule is CN(C[C@@H]1Cc2c(cccc2OCCN2CCOCC2)CN1)[C@H]1CCCc2cccnc21. The van der Waals surface area contributed by atoms with Crippen molar-refractivity contribution in [2.45, 2.75) is 44.3 Å². The second-order valence-corrected chi connectivity index (χ2v) is 9.37. The molecule has 0 spiro atoms. The van der Waals surface area contributed by atoms with Crippen molar-refractivity contribution in [1.29, 1.82) is 0 Å². The van der Waals surface area contributed by atoms with Gasteiger partial charge in [-0.15, -0.1) is 0 Å². The van der Waals surface area contributed by atoms with Crippen LogP contribution in [0.2, 0.25) is 0 Å². The number of morpholine rings is 1. The molecule has 1 aliphatic carbocycles. The molecule has 6 heteroatoms. The average Bonchev–Trinajstić information content (AvgIpc) is 2.84. The zero-order valence-electron chi connectivity index (χ0n) is 19.3.